The lowest BCUT2D eigenvalue weighted by Crippen LogP contribution is -2.31. The number of hydrogen-bond donors (Lipinski definition) is 1. The number of aromatic nitrogens is 2. The summed E-state index contributed by atoms with van der Waals surface area (Å²) in [6.07, 6.45) is 4.55. The van der Waals surface area contributed by atoms with Crippen molar-refractivity contribution in [3.8, 4) is 0 Å². The Labute approximate surface area is 97.0 Å². The van der Waals surface area contributed by atoms with Gasteiger partial charge in [-0.3, -0.25) is 9.48 Å². The number of halogens is 1. The number of ketones is 1. The molecule has 0 bridgehead atoms. The minimum atomic E-state index is -0.0308. The predicted molar refractivity (Wildman–Crippen MR) is 60.6 cm³/mol. The highest BCUT2D eigenvalue weighted by Gasteiger charge is 2.33. The molecule has 15 heavy (non-hydrogen) atoms. The lowest BCUT2D eigenvalue weighted by Gasteiger charge is -2.14. The van der Waals surface area contributed by atoms with Gasteiger partial charge in [-0.1, -0.05) is 6.42 Å². The van der Waals surface area contributed by atoms with Crippen LogP contribution in [0.3, 0.4) is 0 Å². The van der Waals surface area contributed by atoms with Gasteiger partial charge in [0.05, 0.1) is 10.7 Å². The Morgan fingerprint density at radius 3 is 2.87 bits per heavy atom. The summed E-state index contributed by atoms with van der Waals surface area (Å²) in [7, 11) is 1.78. The van der Waals surface area contributed by atoms with Crippen LogP contribution in [0, 0.1) is 5.92 Å². The summed E-state index contributed by atoms with van der Waals surface area (Å²) in [5.41, 5.74) is 6.56. The van der Waals surface area contributed by atoms with E-state index in [1.54, 1.807) is 17.9 Å². The molecule has 1 aromatic rings. The standard InChI is InChI=1S/C10H14BrN3O/c1-14-9(7(11)5-13-14)10(15)6-3-2-4-8(6)12/h5-6,8H,2-4,12H2,1H3. The lowest BCUT2D eigenvalue weighted by molar-refractivity contribution is 0.0903. The number of Topliss-reactive ketones (excluding diaryl/α,β-unsaturated/α-hetero) is 1. The first-order chi connectivity index (χ1) is 7.11. The number of carbonyl (C=O) groups excluding carboxylic acids is 1. The quantitative estimate of drug-likeness (QED) is 0.830. The summed E-state index contributed by atoms with van der Waals surface area (Å²) in [5.74, 6) is 0.0866. The summed E-state index contributed by atoms with van der Waals surface area (Å²) in [6.45, 7) is 0. The zero-order valence-corrected chi connectivity index (χ0v) is 10.2. The highest BCUT2D eigenvalue weighted by Crippen LogP contribution is 2.29. The van der Waals surface area contributed by atoms with Crippen molar-refractivity contribution < 1.29 is 4.79 Å². The third kappa shape index (κ3) is 1.86. The van der Waals surface area contributed by atoms with Crippen molar-refractivity contribution in [2.24, 2.45) is 18.7 Å². The van der Waals surface area contributed by atoms with Gasteiger partial charge >= 0.3 is 0 Å². The van der Waals surface area contributed by atoms with Crippen LogP contribution in [0.25, 0.3) is 0 Å². The van der Waals surface area contributed by atoms with Gasteiger partial charge in [0, 0.05) is 19.0 Å². The number of nitrogens with two attached hydrogens (primary N) is 1. The molecule has 1 aliphatic carbocycles. The minimum Gasteiger partial charge on any atom is -0.327 e. The van der Waals surface area contributed by atoms with Crippen LogP contribution in [-0.4, -0.2) is 21.6 Å². The fourth-order valence-electron chi connectivity index (χ4n) is 2.18. The van der Waals surface area contributed by atoms with Crippen LogP contribution in [0.15, 0.2) is 10.7 Å². The maximum atomic E-state index is 12.2. The Balaban J connectivity index is 2.28. The molecule has 1 fully saturated rings. The van der Waals surface area contributed by atoms with Crippen molar-refractivity contribution in [1.29, 1.82) is 0 Å². The van der Waals surface area contributed by atoms with Crippen molar-refractivity contribution in [1.82, 2.24) is 9.78 Å². The van der Waals surface area contributed by atoms with Gasteiger partial charge in [-0.2, -0.15) is 5.10 Å². The molecule has 1 aliphatic rings. The first-order valence-electron chi connectivity index (χ1n) is 5.08. The zero-order chi connectivity index (χ0) is 11.0. The van der Waals surface area contributed by atoms with E-state index < -0.39 is 0 Å². The third-order valence-electron chi connectivity index (χ3n) is 3.03. The zero-order valence-electron chi connectivity index (χ0n) is 8.61. The van der Waals surface area contributed by atoms with Crippen molar-refractivity contribution in [2.75, 3.05) is 0 Å². The number of nitrogens with zero attached hydrogens (tertiary/aromatic N) is 2. The van der Waals surface area contributed by atoms with Gasteiger partial charge in [-0.15, -0.1) is 0 Å². The van der Waals surface area contributed by atoms with E-state index in [2.05, 4.69) is 21.0 Å². The molecular formula is C10H14BrN3O. The lowest BCUT2D eigenvalue weighted by atomic mass is 9.97. The molecule has 2 unspecified atom stereocenters. The van der Waals surface area contributed by atoms with Crippen LogP contribution in [0.2, 0.25) is 0 Å². The number of hydrogen-bond acceptors (Lipinski definition) is 3. The molecule has 0 aliphatic heterocycles. The Bertz CT molecular complexity index is 369. The Morgan fingerprint density at radius 2 is 2.40 bits per heavy atom. The summed E-state index contributed by atoms with van der Waals surface area (Å²) in [6, 6.07) is 0.0132. The first-order valence-corrected chi connectivity index (χ1v) is 5.88. The van der Waals surface area contributed by atoms with Gasteiger partial charge < -0.3 is 5.73 Å². The van der Waals surface area contributed by atoms with Crippen LogP contribution >= 0.6 is 15.9 Å². The SMILES string of the molecule is Cn1ncc(Br)c1C(=O)C1CCCC1N. The third-order valence-corrected chi connectivity index (χ3v) is 3.61. The summed E-state index contributed by atoms with van der Waals surface area (Å²) in [5, 5.41) is 4.04. The average molecular weight is 272 g/mol. The van der Waals surface area contributed by atoms with E-state index in [1.165, 1.54) is 0 Å². The van der Waals surface area contributed by atoms with Crippen LogP contribution in [0.1, 0.15) is 29.8 Å². The van der Waals surface area contributed by atoms with E-state index >= 15 is 0 Å². The van der Waals surface area contributed by atoms with Gasteiger partial charge in [0.15, 0.2) is 5.78 Å². The largest absolute Gasteiger partial charge is 0.327 e. The topological polar surface area (TPSA) is 60.9 Å². The van der Waals surface area contributed by atoms with Crippen molar-refractivity contribution in [2.45, 2.75) is 25.3 Å². The Morgan fingerprint density at radius 1 is 1.67 bits per heavy atom. The van der Waals surface area contributed by atoms with Crippen LogP contribution in [0.5, 0.6) is 0 Å². The van der Waals surface area contributed by atoms with Gasteiger partial charge in [-0.05, 0) is 28.8 Å². The van der Waals surface area contributed by atoms with Crippen molar-refractivity contribution in [3.05, 3.63) is 16.4 Å². The minimum absolute atomic E-state index is 0.0132. The molecule has 1 heterocycles. The van der Waals surface area contributed by atoms with E-state index in [1.807, 2.05) is 0 Å². The normalized spacial score (nSPS) is 25.8. The maximum absolute atomic E-state index is 12.2. The molecule has 0 aromatic carbocycles. The second-order valence-electron chi connectivity index (χ2n) is 4.03. The van der Waals surface area contributed by atoms with E-state index in [4.69, 9.17) is 5.73 Å². The second kappa shape index (κ2) is 4.06. The van der Waals surface area contributed by atoms with Gasteiger partial charge in [-0.25, -0.2) is 0 Å². The fourth-order valence-corrected chi connectivity index (χ4v) is 2.72. The van der Waals surface area contributed by atoms with Crippen molar-refractivity contribution >= 4 is 21.7 Å². The molecule has 2 atom stereocenters. The number of rotatable bonds is 2. The predicted octanol–water partition coefficient (Wildman–Crippen LogP) is 1.49. The molecule has 1 saturated carbocycles. The molecule has 0 saturated heterocycles. The molecule has 82 valence electrons. The van der Waals surface area contributed by atoms with E-state index in [9.17, 15) is 4.79 Å². The van der Waals surface area contributed by atoms with Crippen molar-refractivity contribution in [3.63, 3.8) is 0 Å². The van der Waals surface area contributed by atoms with E-state index in [0.29, 0.717) is 5.69 Å². The molecule has 2 N–H and O–H groups in total. The van der Waals surface area contributed by atoms with Gasteiger partial charge in [0.2, 0.25) is 0 Å². The second-order valence-corrected chi connectivity index (χ2v) is 4.88. The van der Waals surface area contributed by atoms with Crippen LogP contribution in [-0.2, 0) is 7.05 Å². The molecule has 0 amide bonds. The molecule has 5 heteroatoms. The first kappa shape index (κ1) is 10.8. The molecule has 2 rings (SSSR count). The average Bonchev–Trinajstić information content (AvgIpc) is 2.73. The molecule has 0 radical (unpaired) electrons. The molecule has 0 spiro atoms. The number of aryl methyl sites for hydroxylation is 1. The smallest absolute Gasteiger partial charge is 0.186 e. The monoisotopic (exact) mass is 271 g/mol. The number of carbonyl (C=O) groups is 1. The summed E-state index contributed by atoms with van der Waals surface area (Å²) in [4.78, 5) is 12.2. The van der Waals surface area contributed by atoms with Gasteiger partial charge in [0.25, 0.3) is 0 Å². The molecule has 4 nitrogen and oxygen atoms in total. The fraction of sp³-hybridized carbons (Fsp3) is 0.600. The highest BCUT2D eigenvalue weighted by atomic mass is 79.9. The Hall–Kier alpha value is -0.680. The molecule has 1 aromatic heterocycles. The summed E-state index contributed by atoms with van der Waals surface area (Å²) < 4.78 is 2.37. The van der Waals surface area contributed by atoms with Crippen LogP contribution < -0.4 is 5.73 Å². The Kier molecular flexibility index (Phi) is 2.93. The van der Waals surface area contributed by atoms with Crippen LogP contribution in [0.4, 0.5) is 0 Å². The maximum Gasteiger partial charge on any atom is 0.186 e. The highest BCUT2D eigenvalue weighted by molar-refractivity contribution is 9.10. The van der Waals surface area contributed by atoms with E-state index in [0.717, 1.165) is 23.7 Å². The molecular weight excluding hydrogens is 258 g/mol. The summed E-state index contributed by atoms with van der Waals surface area (Å²) >= 11 is 3.34. The van der Waals surface area contributed by atoms with Gasteiger partial charge in [0.1, 0.15) is 5.69 Å². The van der Waals surface area contributed by atoms with E-state index in [-0.39, 0.29) is 17.7 Å².